The number of hydrogen-bond acceptors (Lipinski definition) is 0. The summed E-state index contributed by atoms with van der Waals surface area (Å²) in [4.78, 5) is 3.90. The number of hydrogen-bond donors (Lipinski definition) is 1. The van der Waals surface area contributed by atoms with E-state index in [1.165, 1.54) is 73.1 Å². The van der Waals surface area contributed by atoms with E-state index in [-0.39, 0.29) is 10.8 Å². The Morgan fingerprint density at radius 1 is 0.686 bits per heavy atom. The predicted octanol–water partition coefficient (Wildman–Crippen LogP) is 8.83. The number of H-pyrrole nitrogens is 1. The van der Waals surface area contributed by atoms with Gasteiger partial charge < -0.3 is 9.55 Å². The van der Waals surface area contributed by atoms with Crippen molar-refractivity contribution >= 4 is 43.6 Å². The van der Waals surface area contributed by atoms with Crippen LogP contribution in [0.1, 0.15) is 57.2 Å². The van der Waals surface area contributed by atoms with E-state index in [2.05, 4.69) is 116 Å². The summed E-state index contributed by atoms with van der Waals surface area (Å²) in [6.45, 7) is 10.5. The summed E-state index contributed by atoms with van der Waals surface area (Å²) in [7, 11) is 0. The number of fused-ring (bicyclic) bond motifs is 8. The highest BCUT2D eigenvalue weighted by Crippen LogP contribution is 2.48. The Bertz CT molecular complexity index is 1760. The lowest BCUT2D eigenvalue weighted by molar-refractivity contribution is 0.332. The molecule has 0 amide bonds. The molecule has 4 aromatic carbocycles. The van der Waals surface area contributed by atoms with E-state index in [1.54, 1.807) is 0 Å². The topological polar surface area (TPSA) is 20.7 Å². The van der Waals surface area contributed by atoms with Gasteiger partial charge in [0, 0.05) is 39.1 Å². The van der Waals surface area contributed by atoms with E-state index >= 15 is 0 Å². The second-order valence-corrected chi connectivity index (χ2v) is 11.8. The van der Waals surface area contributed by atoms with Crippen LogP contribution in [0.15, 0.2) is 78.9 Å². The van der Waals surface area contributed by atoms with Gasteiger partial charge in [-0.1, -0.05) is 88.4 Å². The second kappa shape index (κ2) is 7.01. The van der Waals surface area contributed by atoms with Gasteiger partial charge in [0.1, 0.15) is 0 Å². The molecule has 1 N–H and O–H groups in total. The van der Waals surface area contributed by atoms with Crippen molar-refractivity contribution in [2.45, 2.75) is 57.9 Å². The minimum absolute atomic E-state index is 0.202. The molecule has 2 heteroatoms. The van der Waals surface area contributed by atoms with Crippen molar-refractivity contribution in [2.24, 2.45) is 0 Å². The number of aromatic nitrogens is 2. The molecule has 0 fully saturated rings. The summed E-state index contributed by atoms with van der Waals surface area (Å²) in [5.74, 6) is 0. The van der Waals surface area contributed by atoms with Crippen LogP contribution in [0.3, 0.4) is 0 Å². The highest BCUT2D eigenvalue weighted by atomic mass is 15.0. The third-order valence-corrected chi connectivity index (χ3v) is 8.66. The second-order valence-electron chi connectivity index (χ2n) is 11.8. The van der Waals surface area contributed by atoms with Crippen LogP contribution in [0.5, 0.6) is 0 Å². The Morgan fingerprint density at radius 3 is 2.11 bits per heavy atom. The van der Waals surface area contributed by atoms with E-state index < -0.39 is 0 Å². The van der Waals surface area contributed by atoms with Crippen LogP contribution >= 0.6 is 0 Å². The van der Waals surface area contributed by atoms with Gasteiger partial charge in [0.2, 0.25) is 0 Å². The van der Waals surface area contributed by atoms with Gasteiger partial charge in [-0.2, -0.15) is 0 Å². The summed E-state index contributed by atoms with van der Waals surface area (Å²) in [6, 6.07) is 29.3. The average Bonchev–Trinajstić information content (AvgIpc) is 3.38. The lowest BCUT2D eigenvalue weighted by Gasteiger charge is -2.41. The van der Waals surface area contributed by atoms with Crippen LogP contribution in [-0.4, -0.2) is 9.55 Å². The van der Waals surface area contributed by atoms with Crippen LogP contribution in [0.25, 0.3) is 43.6 Å². The van der Waals surface area contributed by atoms with Crippen LogP contribution < -0.4 is 0 Å². The first kappa shape index (κ1) is 20.8. The Balaban J connectivity index is 1.59. The summed E-state index contributed by atoms with van der Waals surface area (Å²) >= 11 is 0. The maximum Gasteiger partial charge on any atom is 0.0740 e. The molecule has 1 aliphatic carbocycles. The van der Waals surface area contributed by atoms with Crippen molar-refractivity contribution < 1.29 is 0 Å². The molecule has 2 heterocycles. The Kier molecular flexibility index (Phi) is 4.17. The standard InChI is InChI=1S/C33H32N2/c1-32(2)16-17-33(3,4)27-19-28-25(18-26(27)32)23-14-15-24-22-12-8-9-13-29(22)35(31(24)30(23)34-28)20-21-10-6-5-7-11-21/h5-15,18-19,34H,16-17,20H2,1-4H3. The summed E-state index contributed by atoms with van der Waals surface area (Å²) in [5, 5.41) is 5.32. The maximum atomic E-state index is 3.90. The first-order valence-corrected chi connectivity index (χ1v) is 12.9. The van der Waals surface area contributed by atoms with Gasteiger partial charge in [-0.25, -0.2) is 0 Å². The molecule has 0 unspecified atom stereocenters. The molecule has 35 heavy (non-hydrogen) atoms. The molecule has 0 atom stereocenters. The highest BCUT2D eigenvalue weighted by molar-refractivity contribution is 6.22. The van der Waals surface area contributed by atoms with Gasteiger partial charge in [-0.05, 0) is 58.6 Å². The first-order chi connectivity index (χ1) is 16.8. The lowest BCUT2D eigenvalue weighted by Crippen LogP contribution is -2.33. The minimum Gasteiger partial charge on any atom is -0.353 e. The Labute approximate surface area is 206 Å². The highest BCUT2D eigenvalue weighted by Gasteiger charge is 2.37. The van der Waals surface area contributed by atoms with Crippen molar-refractivity contribution in [3.8, 4) is 0 Å². The van der Waals surface area contributed by atoms with Gasteiger partial charge >= 0.3 is 0 Å². The molecule has 0 saturated heterocycles. The predicted molar refractivity (Wildman–Crippen MR) is 150 cm³/mol. The molecule has 2 aromatic heterocycles. The molecule has 0 aliphatic heterocycles. The number of benzene rings is 4. The van der Waals surface area contributed by atoms with Gasteiger partial charge in [0.05, 0.1) is 11.0 Å². The third-order valence-electron chi connectivity index (χ3n) is 8.66. The van der Waals surface area contributed by atoms with Gasteiger partial charge in [-0.15, -0.1) is 0 Å². The van der Waals surface area contributed by atoms with Crippen molar-refractivity contribution in [3.05, 3.63) is 95.6 Å². The number of nitrogens with zero attached hydrogens (tertiary/aromatic N) is 1. The molecular formula is C33H32N2. The van der Waals surface area contributed by atoms with Crippen molar-refractivity contribution in [1.29, 1.82) is 0 Å². The van der Waals surface area contributed by atoms with E-state index in [1.807, 2.05) is 0 Å². The van der Waals surface area contributed by atoms with Crippen LogP contribution in [0, 0.1) is 0 Å². The molecule has 2 nitrogen and oxygen atoms in total. The molecule has 0 bridgehead atoms. The monoisotopic (exact) mass is 456 g/mol. The summed E-state index contributed by atoms with van der Waals surface area (Å²) < 4.78 is 2.51. The zero-order valence-electron chi connectivity index (χ0n) is 21.1. The van der Waals surface area contributed by atoms with Crippen molar-refractivity contribution in [2.75, 3.05) is 0 Å². The fourth-order valence-corrected chi connectivity index (χ4v) is 6.50. The molecule has 6 aromatic rings. The Morgan fingerprint density at radius 2 is 1.34 bits per heavy atom. The summed E-state index contributed by atoms with van der Waals surface area (Å²) in [6.07, 6.45) is 2.46. The maximum absolute atomic E-state index is 3.90. The van der Waals surface area contributed by atoms with Crippen molar-refractivity contribution in [3.63, 3.8) is 0 Å². The van der Waals surface area contributed by atoms with E-state index in [0.717, 1.165) is 6.54 Å². The fourth-order valence-electron chi connectivity index (χ4n) is 6.50. The van der Waals surface area contributed by atoms with Crippen LogP contribution in [0.2, 0.25) is 0 Å². The largest absolute Gasteiger partial charge is 0.353 e. The molecule has 0 spiro atoms. The molecule has 1 aliphatic rings. The quantitative estimate of drug-likeness (QED) is 0.269. The van der Waals surface area contributed by atoms with E-state index in [9.17, 15) is 0 Å². The van der Waals surface area contributed by atoms with Crippen molar-refractivity contribution in [1.82, 2.24) is 9.55 Å². The zero-order chi connectivity index (χ0) is 23.9. The van der Waals surface area contributed by atoms with Gasteiger partial charge in [0.15, 0.2) is 0 Å². The molecule has 0 radical (unpaired) electrons. The number of nitrogens with one attached hydrogen (secondary N) is 1. The first-order valence-electron chi connectivity index (χ1n) is 12.9. The lowest BCUT2D eigenvalue weighted by atomic mass is 9.63. The normalized spacial score (nSPS) is 16.9. The van der Waals surface area contributed by atoms with Crippen LogP contribution in [-0.2, 0) is 17.4 Å². The van der Waals surface area contributed by atoms with E-state index in [4.69, 9.17) is 0 Å². The minimum atomic E-state index is 0.202. The molecule has 0 saturated carbocycles. The zero-order valence-corrected chi connectivity index (χ0v) is 21.1. The average molecular weight is 457 g/mol. The fraction of sp³-hybridized carbons (Fsp3) is 0.273. The van der Waals surface area contributed by atoms with Crippen LogP contribution in [0.4, 0.5) is 0 Å². The number of aromatic amines is 1. The molecule has 174 valence electrons. The molecule has 7 rings (SSSR count). The number of rotatable bonds is 2. The van der Waals surface area contributed by atoms with Gasteiger partial charge in [0.25, 0.3) is 0 Å². The van der Waals surface area contributed by atoms with E-state index in [0.29, 0.717) is 0 Å². The SMILES string of the molecule is CC1(C)CCC(C)(C)c2cc3c(cc21)[nH]c1c3ccc2c3ccccc3n(Cc3ccccc3)c21. The summed E-state index contributed by atoms with van der Waals surface area (Å²) in [5.41, 5.74) is 9.86. The Hall–Kier alpha value is -3.52. The number of para-hydroxylation sites is 1. The smallest absolute Gasteiger partial charge is 0.0740 e. The van der Waals surface area contributed by atoms with Gasteiger partial charge in [-0.3, -0.25) is 0 Å². The molecular weight excluding hydrogens is 424 g/mol. The third kappa shape index (κ3) is 2.95.